The van der Waals surface area contributed by atoms with E-state index < -0.39 is 18.2 Å². The molecular weight excluding hydrogens is 367 g/mol. The highest BCUT2D eigenvalue weighted by Crippen LogP contribution is 2.27. The van der Waals surface area contributed by atoms with Gasteiger partial charge in [-0.1, -0.05) is 44.0 Å². The first-order chi connectivity index (χ1) is 11.6. The Bertz CT molecular complexity index is 661. The molecule has 0 radical (unpaired) electrons. The summed E-state index contributed by atoms with van der Waals surface area (Å²) in [4.78, 5) is 25.5. The van der Waals surface area contributed by atoms with Gasteiger partial charge in [-0.2, -0.15) is 0 Å². The molecule has 138 valence electrons. The monoisotopic (exact) mass is 388 g/mol. The first-order valence-corrected chi connectivity index (χ1v) is 8.70. The largest absolute Gasteiger partial charge is 0.465 e. The molecule has 0 aliphatic carbocycles. The maximum absolute atomic E-state index is 12.7. The van der Waals surface area contributed by atoms with Crippen LogP contribution in [0.15, 0.2) is 18.2 Å². The van der Waals surface area contributed by atoms with Gasteiger partial charge in [0.2, 0.25) is 0 Å². The van der Waals surface area contributed by atoms with Crippen molar-refractivity contribution >= 4 is 35.2 Å². The van der Waals surface area contributed by atoms with E-state index in [1.807, 2.05) is 20.8 Å². The van der Waals surface area contributed by atoms with E-state index in [-0.39, 0.29) is 11.3 Å². The molecule has 0 aromatic heterocycles. The lowest BCUT2D eigenvalue weighted by molar-refractivity contribution is -0.0557. The minimum atomic E-state index is -1.11. The van der Waals surface area contributed by atoms with Gasteiger partial charge in [-0.3, -0.25) is 4.79 Å². The second-order valence-electron chi connectivity index (χ2n) is 7.08. The lowest BCUT2D eigenvalue weighted by atomic mass is 9.82. The number of nitrogens with one attached hydrogen (secondary N) is 1. The summed E-state index contributed by atoms with van der Waals surface area (Å²) in [7, 11) is 0. The van der Waals surface area contributed by atoms with Crippen molar-refractivity contribution in [2.45, 2.75) is 32.9 Å². The molecule has 6 nitrogen and oxygen atoms in total. The van der Waals surface area contributed by atoms with Crippen LogP contribution in [0.4, 0.5) is 4.79 Å². The zero-order valence-electron chi connectivity index (χ0n) is 14.4. The highest BCUT2D eigenvalue weighted by Gasteiger charge is 2.38. The van der Waals surface area contributed by atoms with Crippen molar-refractivity contribution in [2.75, 3.05) is 19.7 Å². The van der Waals surface area contributed by atoms with Gasteiger partial charge < -0.3 is 20.1 Å². The van der Waals surface area contributed by atoms with Crippen LogP contribution in [0, 0.1) is 5.41 Å². The van der Waals surface area contributed by atoms with Crippen molar-refractivity contribution < 1.29 is 19.4 Å². The number of morpholine rings is 1. The molecule has 1 aliphatic rings. The van der Waals surface area contributed by atoms with Gasteiger partial charge in [0, 0.05) is 18.7 Å². The van der Waals surface area contributed by atoms with E-state index in [0.717, 1.165) is 0 Å². The molecule has 1 fully saturated rings. The van der Waals surface area contributed by atoms with Gasteiger partial charge in [-0.05, 0) is 23.6 Å². The van der Waals surface area contributed by atoms with Crippen LogP contribution in [0.3, 0.4) is 0 Å². The summed E-state index contributed by atoms with van der Waals surface area (Å²) in [5.41, 5.74) is 0.0761. The van der Waals surface area contributed by atoms with E-state index in [1.165, 1.54) is 6.07 Å². The molecule has 25 heavy (non-hydrogen) atoms. The van der Waals surface area contributed by atoms with Gasteiger partial charge in [0.25, 0.3) is 5.91 Å². The first kappa shape index (κ1) is 19.8. The van der Waals surface area contributed by atoms with Crippen molar-refractivity contribution in [2.24, 2.45) is 5.41 Å². The number of benzene rings is 1. The SMILES string of the molecule is CC(C)(C)C(NC(=O)O)[C@@H]1CN(C(=O)c2ccc(Cl)c(Cl)c2)CCO1. The fourth-order valence-electron chi connectivity index (χ4n) is 2.87. The predicted molar refractivity (Wildman–Crippen MR) is 96.5 cm³/mol. The Labute approximate surface area is 157 Å². The van der Waals surface area contributed by atoms with Crippen LogP contribution in [0.5, 0.6) is 0 Å². The van der Waals surface area contributed by atoms with E-state index in [1.54, 1.807) is 17.0 Å². The number of carbonyl (C=O) groups is 2. The van der Waals surface area contributed by atoms with Crippen LogP contribution in [-0.4, -0.2) is 53.8 Å². The van der Waals surface area contributed by atoms with Crippen LogP contribution in [-0.2, 0) is 4.74 Å². The molecule has 1 aliphatic heterocycles. The Balaban J connectivity index is 2.17. The Morgan fingerprint density at radius 1 is 1.32 bits per heavy atom. The molecule has 2 N–H and O–H groups in total. The summed E-state index contributed by atoms with van der Waals surface area (Å²) < 4.78 is 5.76. The van der Waals surface area contributed by atoms with Crippen LogP contribution in [0.2, 0.25) is 10.0 Å². The Hall–Kier alpha value is -1.50. The van der Waals surface area contributed by atoms with Crippen LogP contribution >= 0.6 is 23.2 Å². The van der Waals surface area contributed by atoms with Crippen LogP contribution in [0.25, 0.3) is 0 Å². The van der Waals surface area contributed by atoms with Crippen molar-refractivity contribution in [1.82, 2.24) is 10.2 Å². The number of amides is 2. The molecule has 2 atom stereocenters. The fraction of sp³-hybridized carbons (Fsp3) is 0.529. The summed E-state index contributed by atoms with van der Waals surface area (Å²) in [5.74, 6) is -0.185. The normalized spacial score (nSPS) is 19.4. The highest BCUT2D eigenvalue weighted by molar-refractivity contribution is 6.42. The molecule has 0 spiro atoms. The number of hydrogen-bond acceptors (Lipinski definition) is 3. The van der Waals surface area contributed by atoms with Gasteiger partial charge in [0.05, 0.1) is 28.8 Å². The molecule has 1 saturated heterocycles. The van der Waals surface area contributed by atoms with E-state index >= 15 is 0 Å². The summed E-state index contributed by atoms with van der Waals surface area (Å²) >= 11 is 11.9. The number of carboxylic acid groups (broad SMARTS) is 1. The second kappa shape index (κ2) is 7.81. The minimum Gasteiger partial charge on any atom is -0.465 e. The van der Waals surface area contributed by atoms with E-state index in [9.17, 15) is 9.59 Å². The standard InChI is InChI=1S/C17H22Cl2N2O4/c1-17(2,3)14(20-16(23)24)13-9-21(6-7-25-13)15(22)10-4-5-11(18)12(19)8-10/h4-5,8,13-14,20H,6-7,9H2,1-3H3,(H,23,24)/t13-,14?/m0/s1. The number of ether oxygens (including phenoxy) is 1. The maximum Gasteiger partial charge on any atom is 0.404 e. The topological polar surface area (TPSA) is 78.9 Å². The summed E-state index contributed by atoms with van der Waals surface area (Å²) in [6, 6.07) is 4.29. The molecular formula is C17H22Cl2N2O4. The molecule has 1 heterocycles. The van der Waals surface area contributed by atoms with E-state index in [4.69, 9.17) is 33.0 Å². The van der Waals surface area contributed by atoms with E-state index in [0.29, 0.717) is 35.3 Å². The molecule has 1 aromatic carbocycles. The van der Waals surface area contributed by atoms with Gasteiger partial charge >= 0.3 is 6.09 Å². The maximum atomic E-state index is 12.7. The third-order valence-electron chi connectivity index (χ3n) is 4.13. The Morgan fingerprint density at radius 3 is 2.56 bits per heavy atom. The second-order valence-corrected chi connectivity index (χ2v) is 7.90. The molecule has 2 amide bonds. The van der Waals surface area contributed by atoms with E-state index in [2.05, 4.69) is 5.32 Å². The first-order valence-electron chi connectivity index (χ1n) is 7.95. The zero-order valence-corrected chi connectivity index (χ0v) is 15.9. The van der Waals surface area contributed by atoms with Crippen molar-refractivity contribution in [3.63, 3.8) is 0 Å². The Kier molecular flexibility index (Phi) is 6.19. The minimum absolute atomic E-state index is 0.185. The number of rotatable bonds is 3. The molecule has 2 rings (SSSR count). The average molecular weight is 389 g/mol. The van der Waals surface area contributed by atoms with Crippen molar-refractivity contribution in [3.05, 3.63) is 33.8 Å². The number of halogens is 2. The highest BCUT2D eigenvalue weighted by atomic mass is 35.5. The number of hydrogen-bond donors (Lipinski definition) is 2. The van der Waals surface area contributed by atoms with Crippen molar-refractivity contribution in [3.8, 4) is 0 Å². The fourth-order valence-corrected chi connectivity index (χ4v) is 3.17. The lowest BCUT2D eigenvalue weighted by Gasteiger charge is -2.42. The number of nitrogens with zero attached hydrogens (tertiary/aromatic N) is 1. The summed E-state index contributed by atoms with van der Waals surface area (Å²) in [5, 5.41) is 12.3. The smallest absolute Gasteiger partial charge is 0.404 e. The molecule has 8 heteroatoms. The van der Waals surface area contributed by atoms with Crippen molar-refractivity contribution in [1.29, 1.82) is 0 Å². The zero-order chi connectivity index (χ0) is 18.8. The quantitative estimate of drug-likeness (QED) is 0.829. The summed E-state index contributed by atoms with van der Waals surface area (Å²) in [6.07, 6.45) is -1.55. The average Bonchev–Trinajstić information content (AvgIpc) is 2.53. The predicted octanol–water partition coefficient (Wildman–Crippen LogP) is 3.52. The molecule has 0 saturated carbocycles. The molecule has 1 unspecified atom stereocenters. The van der Waals surface area contributed by atoms with Crippen LogP contribution in [0.1, 0.15) is 31.1 Å². The third kappa shape index (κ3) is 5.00. The molecule has 0 bridgehead atoms. The van der Waals surface area contributed by atoms with Gasteiger partial charge in [0.1, 0.15) is 0 Å². The van der Waals surface area contributed by atoms with Crippen LogP contribution < -0.4 is 5.32 Å². The summed E-state index contributed by atoms with van der Waals surface area (Å²) in [6.45, 7) is 6.84. The van der Waals surface area contributed by atoms with Gasteiger partial charge in [-0.15, -0.1) is 0 Å². The Morgan fingerprint density at radius 2 is 2.00 bits per heavy atom. The molecule has 1 aromatic rings. The third-order valence-corrected chi connectivity index (χ3v) is 4.87. The van der Waals surface area contributed by atoms with Gasteiger partial charge in [0.15, 0.2) is 0 Å². The lowest BCUT2D eigenvalue weighted by Crippen LogP contribution is -2.58. The van der Waals surface area contributed by atoms with Gasteiger partial charge in [-0.25, -0.2) is 4.79 Å². The number of carbonyl (C=O) groups excluding carboxylic acids is 1.